The van der Waals surface area contributed by atoms with E-state index in [4.69, 9.17) is 4.98 Å². The van der Waals surface area contributed by atoms with Crippen molar-refractivity contribution in [1.29, 1.82) is 0 Å². The lowest BCUT2D eigenvalue weighted by Crippen LogP contribution is -2.30. The van der Waals surface area contributed by atoms with Crippen LogP contribution in [-0.2, 0) is 6.42 Å². The Kier molecular flexibility index (Phi) is 3.67. The van der Waals surface area contributed by atoms with Gasteiger partial charge in [-0.15, -0.1) is 11.3 Å². The molecule has 0 radical (unpaired) electrons. The van der Waals surface area contributed by atoms with E-state index in [2.05, 4.69) is 15.7 Å². The van der Waals surface area contributed by atoms with E-state index in [1.54, 1.807) is 11.3 Å². The molecule has 0 amide bonds. The van der Waals surface area contributed by atoms with E-state index in [1.807, 2.05) is 24.5 Å². The molecule has 1 saturated heterocycles. The lowest BCUT2D eigenvalue weighted by Gasteiger charge is -2.21. The average Bonchev–Trinajstić information content (AvgIpc) is 2.89. The van der Waals surface area contributed by atoms with Crippen molar-refractivity contribution in [2.45, 2.75) is 19.3 Å². The minimum absolute atomic E-state index is 0.759. The molecule has 1 unspecified atom stereocenters. The zero-order chi connectivity index (χ0) is 12.2. The summed E-state index contributed by atoms with van der Waals surface area (Å²) in [5.41, 5.74) is 2.25. The Morgan fingerprint density at radius 2 is 2.22 bits per heavy atom. The van der Waals surface area contributed by atoms with E-state index in [0.29, 0.717) is 0 Å². The van der Waals surface area contributed by atoms with Gasteiger partial charge >= 0.3 is 0 Å². The van der Waals surface area contributed by atoms with Crippen LogP contribution in [-0.4, -0.2) is 23.1 Å². The molecule has 0 spiro atoms. The first kappa shape index (κ1) is 11.8. The Labute approximate surface area is 111 Å². The molecule has 0 aliphatic carbocycles. The van der Waals surface area contributed by atoms with Gasteiger partial charge in [0, 0.05) is 29.8 Å². The molecular weight excluding hydrogens is 242 g/mol. The van der Waals surface area contributed by atoms with Gasteiger partial charge in [-0.25, -0.2) is 4.98 Å². The van der Waals surface area contributed by atoms with Crippen molar-refractivity contribution < 1.29 is 0 Å². The maximum atomic E-state index is 4.74. The summed E-state index contributed by atoms with van der Waals surface area (Å²) < 4.78 is 0. The van der Waals surface area contributed by atoms with Crippen molar-refractivity contribution in [2.24, 2.45) is 5.92 Å². The van der Waals surface area contributed by atoms with Gasteiger partial charge in [0.25, 0.3) is 0 Å². The lowest BCUT2D eigenvalue weighted by atomic mass is 9.97. The van der Waals surface area contributed by atoms with Crippen molar-refractivity contribution in [3.05, 3.63) is 34.9 Å². The van der Waals surface area contributed by atoms with Crippen molar-refractivity contribution in [2.75, 3.05) is 13.1 Å². The molecule has 3 nitrogen and oxygen atoms in total. The quantitative estimate of drug-likeness (QED) is 0.921. The van der Waals surface area contributed by atoms with Gasteiger partial charge in [-0.05, 0) is 44.0 Å². The molecule has 1 N–H and O–H groups in total. The maximum absolute atomic E-state index is 4.74. The van der Waals surface area contributed by atoms with E-state index in [-0.39, 0.29) is 0 Å². The monoisotopic (exact) mass is 259 g/mol. The van der Waals surface area contributed by atoms with Gasteiger partial charge in [-0.2, -0.15) is 0 Å². The number of aromatic nitrogens is 2. The molecule has 0 saturated carbocycles. The number of hydrogen-bond acceptors (Lipinski definition) is 4. The van der Waals surface area contributed by atoms with Crippen molar-refractivity contribution in [3.63, 3.8) is 0 Å². The van der Waals surface area contributed by atoms with E-state index >= 15 is 0 Å². The predicted molar refractivity (Wildman–Crippen MR) is 74.6 cm³/mol. The van der Waals surface area contributed by atoms with Crippen LogP contribution in [0, 0.1) is 5.92 Å². The molecule has 1 aliphatic rings. The summed E-state index contributed by atoms with van der Waals surface area (Å²) in [7, 11) is 0. The fourth-order valence-corrected chi connectivity index (χ4v) is 3.32. The van der Waals surface area contributed by atoms with Crippen LogP contribution in [0.1, 0.15) is 17.8 Å². The topological polar surface area (TPSA) is 37.8 Å². The molecule has 2 aromatic heterocycles. The third-order valence-electron chi connectivity index (χ3n) is 3.39. The summed E-state index contributed by atoms with van der Waals surface area (Å²) in [6.45, 7) is 2.32. The van der Waals surface area contributed by atoms with Crippen LogP contribution >= 0.6 is 11.3 Å². The number of pyridine rings is 1. The van der Waals surface area contributed by atoms with E-state index < -0.39 is 0 Å². The fourth-order valence-electron chi connectivity index (χ4n) is 2.41. The summed E-state index contributed by atoms with van der Waals surface area (Å²) >= 11 is 1.78. The van der Waals surface area contributed by atoms with E-state index in [0.717, 1.165) is 30.1 Å². The summed E-state index contributed by atoms with van der Waals surface area (Å²) in [5.74, 6) is 0.759. The Morgan fingerprint density at radius 1 is 1.33 bits per heavy atom. The number of nitrogens with zero attached hydrogens (tertiary/aromatic N) is 2. The molecular formula is C14H17N3S. The highest BCUT2D eigenvalue weighted by molar-refractivity contribution is 7.09. The van der Waals surface area contributed by atoms with Gasteiger partial charge in [-0.1, -0.05) is 0 Å². The molecule has 2 aromatic rings. The second kappa shape index (κ2) is 5.59. The van der Waals surface area contributed by atoms with Gasteiger partial charge in [-0.3, -0.25) is 4.98 Å². The molecule has 0 bridgehead atoms. The summed E-state index contributed by atoms with van der Waals surface area (Å²) in [6, 6.07) is 4.03. The first-order valence-corrected chi connectivity index (χ1v) is 7.35. The number of rotatable bonds is 3. The van der Waals surface area contributed by atoms with Crippen LogP contribution < -0.4 is 5.32 Å². The van der Waals surface area contributed by atoms with Crippen molar-refractivity contribution in [3.8, 4) is 11.3 Å². The molecule has 18 heavy (non-hydrogen) atoms. The Balaban J connectivity index is 1.69. The smallest absolute Gasteiger partial charge is 0.0935 e. The minimum atomic E-state index is 0.759. The highest BCUT2D eigenvalue weighted by Gasteiger charge is 2.15. The van der Waals surface area contributed by atoms with Crippen LogP contribution in [0.25, 0.3) is 11.3 Å². The highest BCUT2D eigenvalue weighted by Crippen LogP contribution is 2.24. The number of hydrogen-bond donors (Lipinski definition) is 1. The zero-order valence-electron chi connectivity index (χ0n) is 10.3. The van der Waals surface area contributed by atoms with Gasteiger partial charge in [0.2, 0.25) is 0 Å². The standard InChI is InChI=1S/C14H17N3S/c1-2-11(9-16-5-1)8-14-17-13(10-18-14)12-3-6-15-7-4-12/h3-4,6-7,10-11,16H,1-2,5,8-9H2. The maximum Gasteiger partial charge on any atom is 0.0935 e. The van der Waals surface area contributed by atoms with E-state index in [1.165, 1.54) is 24.4 Å². The molecule has 3 heterocycles. The zero-order valence-corrected chi connectivity index (χ0v) is 11.1. The Morgan fingerprint density at radius 3 is 3.00 bits per heavy atom. The summed E-state index contributed by atoms with van der Waals surface area (Å²) in [4.78, 5) is 8.78. The van der Waals surface area contributed by atoms with Crippen molar-refractivity contribution in [1.82, 2.24) is 15.3 Å². The first-order valence-electron chi connectivity index (χ1n) is 6.47. The number of nitrogens with one attached hydrogen (secondary N) is 1. The third-order valence-corrected chi connectivity index (χ3v) is 4.26. The molecule has 1 fully saturated rings. The predicted octanol–water partition coefficient (Wildman–Crippen LogP) is 2.75. The number of piperidine rings is 1. The lowest BCUT2D eigenvalue weighted by molar-refractivity contribution is 0.376. The Hall–Kier alpha value is -1.26. The van der Waals surface area contributed by atoms with E-state index in [9.17, 15) is 0 Å². The van der Waals surface area contributed by atoms with Crippen LogP contribution in [0.4, 0.5) is 0 Å². The molecule has 3 rings (SSSR count). The number of thiazole rings is 1. The van der Waals surface area contributed by atoms with Gasteiger partial charge < -0.3 is 5.32 Å². The normalized spacial score (nSPS) is 19.9. The van der Waals surface area contributed by atoms with Crippen LogP contribution in [0.5, 0.6) is 0 Å². The summed E-state index contributed by atoms with van der Waals surface area (Å²) in [6.07, 6.45) is 7.38. The van der Waals surface area contributed by atoms with Crippen LogP contribution in [0.2, 0.25) is 0 Å². The highest BCUT2D eigenvalue weighted by atomic mass is 32.1. The molecule has 94 valence electrons. The largest absolute Gasteiger partial charge is 0.316 e. The summed E-state index contributed by atoms with van der Waals surface area (Å²) in [5, 5.41) is 6.88. The van der Waals surface area contributed by atoms with Gasteiger partial charge in [0.15, 0.2) is 0 Å². The fraction of sp³-hybridized carbons (Fsp3) is 0.429. The molecule has 1 aliphatic heterocycles. The average molecular weight is 259 g/mol. The second-order valence-electron chi connectivity index (χ2n) is 4.78. The first-order chi connectivity index (χ1) is 8.92. The molecule has 0 aromatic carbocycles. The minimum Gasteiger partial charge on any atom is -0.316 e. The van der Waals surface area contributed by atoms with Gasteiger partial charge in [0.1, 0.15) is 0 Å². The van der Waals surface area contributed by atoms with Gasteiger partial charge in [0.05, 0.1) is 10.7 Å². The van der Waals surface area contributed by atoms with Crippen LogP contribution in [0.3, 0.4) is 0 Å². The second-order valence-corrected chi connectivity index (χ2v) is 5.72. The molecule has 4 heteroatoms. The Bertz CT molecular complexity index is 489. The third kappa shape index (κ3) is 2.76. The SMILES string of the molecule is c1cc(-c2csc(CC3CCCNC3)n2)ccn1. The van der Waals surface area contributed by atoms with Crippen LogP contribution in [0.15, 0.2) is 29.9 Å². The molecule has 1 atom stereocenters. The van der Waals surface area contributed by atoms with Crippen molar-refractivity contribution >= 4 is 11.3 Å².